The monoisotopic (exact) mass is 914 g/mol. The van der Waals surface area contributed by atoms with Gasteiger partial charge in [0.05, 0.1) is 0 Å². The summed E-state index contributed by atoms with van der Waals surface area (Å²) >= 11 is 0. The van der Waals surface area contributed by atoms with Gasteiger partial charge in [0.1, 0.15) is 48.3 Å². The van der Waals surface area contributed by atoms with Crippen molar-refractivity contribution in [2.24, 2.45) is 5.92 Å². The van der Waals surface area contributed by atoms with Crippen LogP contribution in [0.3, 0.4) is 0 Å². The summed E-state index contributed by atoms with van der Waals surface area (Å²) in [5, 5.41) is 11.8. The molecule has 354 valence electrons. The quantitative estimate of drug-likeness (QED) is 0.289. The van der Waals surface area contributed by atoms with E-state index in [1.54, 1.807) is 19.1 Å². The second-order valence-electron chi connectivity index (χ2n) is 19.0. The van der Waals surface area contributed by atoms with E-state index in [9.17, 15) is 38.4 Å². The molecule has 2 bridgehead atoms. The van der Waals surface area contributed by atoms with Crippen LogP contribution in [0.25, 0.3) is 0 Å². The normalized spacial score (nSPS) is 27.9. The van der Waals surface area contributed by atoms with Gasteiger partial charge < -0.3 is 36.0 Å². The third-order valence-electron chi connectivity index (χ3n) is 13.9. The van der Waals surface area contributed by atoms with E-state index in [0.717, 1.165) is 16.7 Å². The Morgan fingerprint density at radius 3 is 1.49 bits per heavy atom. The first kappa shape index (κ1) is 46.9. The van der Waals surface area contributed by atoms with Crippen molar-refractivity contribution in [2.75, 3.05) is 24.5 Å². The molecular weight excluding hydrogens is 853 g/mol. The number of benzene rings is 3. The number of nitrogens with zero attached hydrogens (tertiary/aromatic N) is 4. The number of rotatable bonds is 6. The van der Waals surface area contributed by atoms with E-state index in [1.165, 1.54) is 19.6 Å². The minimum Gasteiger partial charge on any atom is -0.342 e. The van der Waals surface area contributed by atoms with Crippen LogP contribution in [0, 0.1) is 5.92 Å². The summed E-state index contributed by atoms with van der Waals surface area (Å²) in [5.41, 5.74) is 2.76. The van der Waals surface area contributed by atoms with Crippen molar-refractivity contribution in [3.8, 4) is 0 Å². The molecule has 8 atom stereocenters. The highest BCUT2D eigenvalue weighted by molar-refractivity contribution is 6.08. The van der Waals surface area contributed by atoms with Crippen LogP contribution in [0.4, 0.5) is 5.69 Å². The standard InChI is InChI=1S/C51H62N8O8/c1-31(2)27-37-49(65)57-25-14-23-43(57)47(63)55-38(29-34-17-8-5-9-18-34)50(66)58-26-13-22-42(58)45(61)52-36(28-33-15-6-4-7-16-33)44(60)53-39-30-35-19-10-11-20-40(35)59(51(39)67)32(3)48(64)56-24-12-21-41(56)46(62)54-37/h4-11,15-20,31-32,36-39,41-43H,12-14,21-30H2,1-3H3,(H,52,61)(H,53,60)(H,54,62)(H,55,63). The van der Waals surface area contributed by atoms with Gasteiger partial charge in [-0.1, -0.05) is 92.7 Å². The number of amides is 8. The molecule has 67 heavy (non-hydrogen) atoms. The summed E-state index contributed by atoms with van der Waals surface area (Å²) in [7, 11) is 0. The molecule has 3 aromatic carbocycles. The van der Waals surface area contributed by atoms with E-state index in [1.807, 2.05) is 86.6 Å². The molecular formula is C51H62N8O8. The zero-order valence-corrected chi connectivity index (χ0v) is 38.5. The number of nitrogens with one attached hydrogen (secondary N) is 4. The van der Waals surface area contributed by atoms with Gasteiger partial charge in [0, 0.05) is 44.6 Å². The number of para-hydroxylation sites is 1. The fourth-order valence-electron chi connectivity index (χ4n) is 10.6. The molecule has 3 aromatic rings. The highest BCUT2D eigenvalue weighted by Gasteiger charge is 2.46. The van der Waals surface area contributed by atoms with Crippen molar-refractivity contribution in [3.63, 3.8) is 0 Å². The van der Waals surface area contributed by atoms with Gasteiger partial charge in [-0.25, -0.2) is 0 Å². The number of carbonyl (C=O) groups is 8. The molecule has 0 radical (unpaired) electrons. The minimum atomic E-state index is -1.16. The first-order valence-corrected chi connectivity index (χ1v) is 23.9. The number of hydrogen-bond donors (Lipinski definition) is 4. The Morgan fingerprint density at radius 1 is 0.507 bits per heavy atom. The van der Waals surface area contributed by atoms with Crippen molar-refractivity contribution >= 4 is 52.9 Å². The summed E-state index contributed by atoms with van der Waals surface area (Å²) < 4.78 is 0. The molecule has 8 unspecified atom stereocenters. The number of fused-ring (bicyclic) bond motifs is 7. The van der Waals surface area contributed by atoms with Gasteiger partial charge in [0.2, 0.25) is 41.4 Å². The lowest BCUT2D eigenvalue weighted by atomic mass is 9.94. The van der Waals surface area contributed by atoms with Gasteiger partial charge in [-0.05, 0) is 80.5 Å². The molecule has 16 heteroatoms. The number of anilines is 1. The molecule has 0 saturated carbocycles. The van der Waals surface area contributed by atoms with Gasteiger partial charge in [-0.3, -0.25) is 43.3 Å². The summed E-state index contributed by atoms with van der Waals surface area (Å²) in [6.45, 7) is 6.24. The molecule has 4 fully saturated rings. The Morgan fingerprint density at radius 2 is 0.955 bits per heavy atom. The van der Waals surface area contributed by atoms with Crippen LogP contribution < -0.4 is 26.2 Å². The Labute approximate surface area is 391 Å². The molecule has 0 aliphatic carbocycles. The second kappa shape index (κ2) is 20.5. The fourth-order valence-corrected chi connectivity index (χ4v) is 10.6. The molecule has 5 heterocycles. The Hall–Kier alpha value is -6.58. The zero-order chi connectivity index (χ0) is 47.4. The lowest BCUT2D eigenvalue weighted by Crippen LogP contribution is -2.63. The van der Waals surface area contributed by atoms with E-state index >= 15 is 0 Å². The molecule has 8 rings (SSSR count). The van der Waals surface area contributed by atoms with Crippen LogP contribution in [0.1, 0.15) is 82.4 Å². The van der Waals surface area contributed by atoms with Gasteiger partial charge in [0.15, 0.2) is 0 Å². The topological polar surface area (TPSA) is 198 Å². The Kier molecular flexibility index (Phi) is 14.4. The van der Waals surface area contributed by atoms with Crippen LogP contribution in [0.15, 0.2) is 84.9 Å². The van der Waals surface area contributed by atoms with Crippen molar-refractivity contribution in [1.29, 1.82) is 0 Å². The molecule has 4 saturated heterocycles. The first-order valence-electron chi connectivity index (χ1n) is 23.9. The highest BCUT2D eigenvalue weighted by atomic mass is 16.2. The van der Waals surface area contributed by atoms with Crippen LogP contribution in [-0.4, -0.2) is 130 Å². The first-order chi connectivity index (χ1) is 32.3. The third-order valence-corrected chi connectivity index (χ3v) is 13.9. The van der Waals surface area contributed by atoms with E-state index in [-0.39, 0.29) is 51.2 Å². The fraction of sp³-hybridized carbons (Fsp3) is 0.490. The van der Waals surface area contributed by atoms with Gasteiger partial charge in [-0.2, -0.15) is 0 Å². The molecule has 5 aliphatic heterocycles. The lowest BCUT2D eigenvalue weighted by Gasteiger charge is -2.39. The summed E-state index contributed by atoms with van der Waals surface area (Å²) in [6.07, 6.45) is 3.14. The van der Waals surface area contributed by atoms with E-state index in [2.05, 4.69) is 21.3 Å². The predicted molar refractivity (Wildman–Crippen MR) is 249 cm³/mol. The molecule has 16 nitrogen and oxygen atoms in total. The maximum absolute atomic E-state index is 14.8. The minimum absolute atomic E-state index is 0.0250. The van der Waals surface area contributed by atoms with Crippen LogP contribution in [0.2, 0.25) is 0 Å². The average Bonchev–Trinajstić information content (AvgIpc) is 4.13. The number of carbonyl (C=O) groups excluding carboxylic acids is 8. The maximum Gasteiger partial charge on any atom is 0.250 e. The average molecular weight is 915 g/mol. The number of hydrogen-bond acceptors (Lipinski definition) is 8. The van der Waals surface area contributed by atoms with Crippen molar-refractivity contribution in [1.82, 2.24) is 36.0 Å². The van der Waals surface area contributed by atoms with Gasteiger partial charge >= 0.3 is 0 Å². The van der Waals surface area contributed by atoms with Gasteiger partial charge in [0.25, 0.3) is 5.91 Å². The largest absolute Gasteiger partial charge is 0.342 e. The summed E-state index contributed by atoms with van der Waals surface area (Å²) in [6, 6.07) is 17.3. The predicted octanol–water partition coefficient (Wildman–Crippen LogP) is 2.42. The molecule has 0 spiro atoms. The molecule has 0 aromatic heterocycles. The van der Waals surface area contributed by atoms with Crippen molar-refractivity contribution < 1.29 is 38.4 Å². The van der Waals surface area contributed by atoms with E-state index in [0.29, 0.717) is 44.2 Å². The SMILES string of the molecule is CC(C)CC1NC(=O)C2CCCN2C(=O)C(C)N2C(=O)C(Cc3ccccc32)NC(=O)C(Cc2ccccc2)NC(=O)C2CCCN2C(=O)C(Cc2ccccc2)NC(=O)C2CCCN2C1=O. The van der Waals surface area contributed by atoms with Crippen molar-refractivity contribution in [3.05, 3.63) is 102 Å². The Bertz CT molecular complexity index is 2360. The highest BCUT2D eigenvalue weighted by Crippen LogP contribution is 2.32. The summed E-state index contributed by atoms with van der Waals surface area (Å²) in [4.78, 5) is 122. The van der Waals surface area contributed by atoms with E-state index < -0.39 is 95.6 Å². The van der Waals surface area contributed by atoms with Gasteiger partial charge in [-0.15, -0.1) is 0 Å². The van der Waals surface area contributed by atoms with E-state index in [4.69, 9.17) is 0 Å². The molecule has 8 amide bonds. The molecule has 4 N–H and O–H groups in total. The summed E-state index contributed by atoms with van der Waals surface area (Å²) in [5.74, 6) is -4.06. The van der Waals surface area contributed by atoms with Crippen molar-refractivity contribution in [2.45, 2.75) is 133 Å². The smallest absolute Gasteiger partial charge is 0.250 e. The maximum atomic E-state index is 14.8. The zero-order valence-electron chi connectivity index (χ0n) is 38.5. The lowest BCUT2D eigenvalue weighted by molar-refractivity contribution is -0.145. The Balaban J connectivity index is 1.17. The third kappa shape index (κ3) is 10.2. The second-order valence-corrected chi connectivity index (χ2v) is 19.0. The van der Waals surface area contributed by atoms with Crippen LogP contribution in [0.5, 0.6) is 0 Å². The van der Waals surface area contributed by atoms with Crippen LogP contribution >= 0.6 is 0 Å². The molecule has 5 aliphatic rings. The van der Waals surface area contributed by atoms with Crippen LogP contribution in [-0.2, 0) is 57.6 Å².